The van der Waals surface area contributed by atoms with Crippen LogP contribution in [0.1, 0.15) is 5.69 Å². The zero-order chi connectivity index (χ0) is 10.1. The van der Waals surface area contributed by atoms with Crippen LogP contribution in [-0.4, -0.2) is 20.0 Å². The van der Waals surface area contributed by atoms with Crippen molar-refractivity contribution in [2.45, 2.75) is 6.92 Å². The van der Waals surface area contributed by atoms with Gasteiger partial charge in [-0.2, -0.15) is 10.2 Å². The van der Waals surface area contributed by atoms with Crippen molar-refractivity contribution in [2.24, 2.45) is 7.05 Å². The Morgan fingerprint density at radius 3 is 2.50 bits per heavy atom. The van der Waals surface area contributed by atoms with E-state index in [9.17, 15) is 0 Å². The van der Waals surface area contributed by atoms with Gasteiger partial charge in [0, 0.05) is 13.1 Å². The maximum absolute atomic E-state index is 5.66. The van der Waals surface area contributed by atoms with Crippen LogP contribution in [0.5, 0.6) is 0 Å². The van der Waals surface area contributed by atoms with Crippen LogP contribution in [0.4, 0.5) is 5.82 Å². The lowest BCUT2D eigenvalue weighted by molar-refractivity contribution is 0.780. The van der Waals surface area contributed by atoms with E-state index in [4.69, 9.17) is 5.73 Å². The van der Waals surface area contributed by atoms with E-state index < -0.39 is 0 Å². The van der Waals surface area contributed by atoms with Gasteiger partial charge in [-0.15, -0.1) is 5.10 Å². The predicted octanol–water partition coefficient (Wildman–Crippen LogP) is 0.768. The first-order valence-corrected chi connectivity index (χ1v) is 4.27. The van der Waals surface area contributed by atoms with Gasteiger partial charge in [-0.25, -0.2) is 0 Å². The fraction of sp³-hybridized carbons (Fsp3) is 0.222. The lowest BCUT2D eigenvalue weighted by Crippen LogP contribution is -1.97. The SMILES string of the molecule is Cc1ccc(-c2cc(N)n(C)n2)nn1. The molecule has 0 unspecified atom stereocenters. The minimum atomic E-state index is 0.613. The number of aromatic nitrogens is 4. The average Bonchev–Trinajstić information content (AvgIpc) is 2.48. The summed E-state index contributed by atoms with van der Waals surface area (Å²) in [7, 11) is 1.79. The molecule has 2 aromatic rings. The summed E-state index contributed by atoms with van der Waals surface area (Å²) in [6, 6.07) is 5.55. The fourth-order valence-electron chi connectivity index (χ4n) is 1.14. The Morgan fingerprint density at radius 2 is 2.00 bits per heavy atom. The minimum absolute atomic E-state index is 0.613. The lowest BCUT2D eigenvalue weighted by atomic mass is 10.3. The van der Waals surface area contributed by atoms with Crippen molar-refractivity contribution in [1.82, 2.24) is 20.0 Å². The Morgan fingerprint density at radius 1 is 1.21 bits per heavy atom. The van der Waals surface area contributed by atoms with Crippen LogP contribution >= 0.6 is 0 Å². The maximum Gasteiger partial charge on any atom is 0.122 e. The molecule has 0 amide bonds. The first kappa shape index (κ1) is 8.68. The van der Waals surface area contributed by atoms with Crippen LogP contribution in [0.3, 0.4) is 0 Å². The third-order valence-corrected chi connectivity index (χ3v) is 1.98. The Kier molecular flexibility index (Phi) is 1.92. The molecular weight excluding hydrogens is 178 g/mol. The van der Waals surface area contributed by atoms with E-state index in [2.05, 4.69) is 15.3 Å². The van der Waals surface area contributed by atoms with Gasteiger partial charge in [0.05, 0.1) is 5.69 Å². The number of rotatable bonds is 1. The smallest absolute Gasteiger partial charge is 0.122 e. The first-order valence-electron chi connectivity index (χ1n) is 4.27. The molecule has 2 heterocycles. The first-order chi connectivity index (χ1) is 6.66. The quantitative estimate of drug-likeness (QED) is 0.719. The number of anilines is 1. The molecule has 0 aliphatic carbocycles. The highest BCUT2D eigenvalue weighted by Crippen LogP contribution is 2.16. The second-order valence-electron chi connectivity index (χ2n) is 3.14. The molecule has 0 saturated carbocycles. The van der Waals surface area contributed by atoms with Crippen LogP contribution in [-0.2, 0) is 7.05 Å². The van der Waals surface area contributed by atoms with Crippen LogP contribution < -0.4 is 5.73 Å². The summed E-state index contributed by atoms with van der Waals surface area (Å²) in [5.41, 5.74) is 8.03. The summed E-state index contributed by atoms with van der Waals surface area (Å²) in [6.45, 7) is 1.89. The van der Waals surface area contributed by atoms with Gasteiger partial charge in [-0.05, 0) is 19.1 Å². The van der Waals surface area contributed by atoms with Gasteiger partial charge in [0.2, 0.25) is 0 Å². The van der Waals surface area contributed by atoms with Crippen LogP contribution in [0.15, 0.2) is 18.2 Å². The van der Waals surface area contributed by atoms with Gasteiger partial charge < -0.3 is 5.73 Å². The summed E-state index contributed by atoms with van der Waals surface area (Å²) in [5, 5.41) is 12.2. The predicted molar refractivity (Wildman–Crippen MR) is 53.4 cm³/mol. The van der Waals surface area contributed by atoms with Crippen molar-refractivity contribution >= 4 is 5.82 Å². The van der Waals surface area contributed by atoms with Crippen molar-refractivity contribution in [2.75, 3.05) is 5.73 Å². The largest absolute Gasteiger partial charge is 0.384 e. The molecule has 0 aliphatic heterocycles. The van der Waals surface area contributed by atoms with Gasteiger partial charge in [-0.3, -0.25) is 4.68 Å². The van der Waals surface area contributed by atoms with E-state index in [1.807, 2.05) is 19.1 Å². The number of nitrogens with zero attached hydrogens (tertiary/aromatic N) is 4. The molecule has 2 aromatic heterocycles. The van der Waals surface area contributed by atoms with Gasteiger partial charge in [-0.1, -0.05) is 0 Å². The summed E-state index contributed by atoms with van der Waals surface area (Å²) in [6.07, 6.45) is 0. The molecule has 0 saturated heterocycles. The molecule has 2 rings (SSSR count). The summed E-state index contributed by atoms with van der Waals surface area (Å²) >= 11 is 0. The standard InChI is InChI=1S/C9H11N5/c1-6-3-4-7(12-11-6)8-5-9(10)14(2)13-8/h3-5H,10H2,1-2H3. The molecule has 0 fully saturated rings. The average molecular weight is 189 g/mol. The zero-order valence-electron chi connectivity index (χ0n) is 8.10. The second kappa shape index (κ2) is 3.10. The zero-order valence-corrected chi connectivity index (χ0v) is 8.10. The Bertz CT molecular complexity index is 423. The van der Waals surface area contributed by atoms with E-state index in [0.717, 1.165) is 17.1 Å². The molecule has 5 heteroatoms. The molecule has 0 bridgehead atoms. The van der Waals surface area contributed by atoms with Crippen molar-refractivity contribution in [3.05, 3.63) is 23.9 Å². The van der Waals surface area contributed by atoms with Crippen molar-refractivity contribution in [1.29, 1.82) is 0 Å². The molecular formula is C9H11N5. The molecule has 5 nitrogen and oxygen atoms in total. The summed E-state index contributed by atoms with van der Waals surface area (Å²) < 4.78 is 1.61. The summed E-state index contributed by atoms with van der Waals surface area (Å²) in [4.78, 5) is 0. The normalized spacial score (nSPS) is 10.4. The number of hydrogen-bond acceptors (Lipinski definition) is 4. The monoisotopic (exact) mass is 189 g/mol. The van der Waals surface area contributed by atoms with E-state index in [1.54, 1.807) is 17.8 Å². The highest BCUT2D eigenvalue weighted by Gasteiger charge is 2.05. The highest BCUT2D eigenvalue weighted by atomic mass is 15.3. The number of aryl methyl sites for hydroxylation is 2. The Balaban J connectivity index is 2.44. The lowest BCUT2D eigenvalue weighted by Gasteiger charge is -1.94. The minimum Gasteiger partial charge on any atom is -0.384 e. The third-order valence-electron chi connectivity index (χ3n) is 1.98. The third kappa shape index (κ3) is 1.44. The van der Waals surface area contributed by atoms with E-state index in [0.29, 0.717) is 5.82 Å². The van der Waals surface area contributed by atoms with Crippen LogP contribution in [0, 0.1) is 6.92 Å². The molecule has 0 spiro atoms. The molecule has 0 atom stereocenters. The molecule has 0 radical (unpaired) electrons. The topological polar surface area (TPSA) is 69.6 Å². The van der Waals surface area contributed by atoms with Crippen LogP contribution in [0.2, 0.25) is 0 Å². The van der Waals surface area contributed by atoms with Crippen molar-refractivity contribution < 1.29 is 0 Å². The van der Waals surface area contributed by atoms with Crippen molar-refractivity contribution in [3.8, 4) is 11.4 Å². The molecule has 0 aromatic carbocycles. The number of hydrogen-bond donors (Lipinski definition) is 1. The number of nitrogen functional groups attached to an aromatic ring is 1. The van der Waals surface area contributed by atoms with Gasteiger partial charge in [0.25, 0.3) is 0 Å². The van der Waals surface area contributed by atoms with Gasteiger partial charge in [0.15, 0.2) is 0 Å². The van der Waals surface area contributed by atoms with E-state index in [1.165, 1.54) is 0 Å². The fourth-order valence-corrected chi connectivity index (χ4v) is 1.14. The molecule has 2 N–H and O–H groups in total. The summed E-state index contributed by atoms with van der Waals surface area (Å²) in [5.74, 6) is 0.613. The number of nitrogens with two attached hydrogens (primary N) is 1. The van der Waals surface area contributed by atoms with Gasteiger partial charge in [0.1, 0.15) is 17.2 Å². The maximum atomic E-state index is 5.66. The molecule has 72 valence electrons. The Labute approximate surface area is 81.6 Å². The second-order valence-corrected chi connectivity index (χ2v) is 3.14. The highest BCUT2D eigenvalue weighted by molar-refractivity contribution is 5.57. The van der Waals surface area contributed by atoms with Gasteiger partial charge >= 0.3 is 0 Å². The van der Waals surface area contributed by atoms with Crippen LogP contribution in [0.25, 0.3) is 11.4 Å². The Hall–Kier alpha value is -1.91. The van der Waals surface area contributed by atoms with Crippen molar-refractivity contribution in [3.63, 3.8) is 0 Å². The molecule has 0 aliphatic rings. The van der Waals surface area contributed by atoms with E-state index >= 15 is 0 Å². The molecule has 14 heavy (non-hydrogen) atoms. The van der Waals surface area contributed by atoms with E-state index in [-0.39, 0.29) is 0 Å².